The highest BCUT2D eigenvalue weighted by Crippen LogP contribution is 2.24. The molecular weight excluding hydrogens is 324 g/mol. The van der Waals surface area contributed by atoms with Crippen molar-refractivity contribution in [3.8, 4) is 0 Å². The number of rotatable bonds is 3. The lowest BCUT2D eigenvalue weighted by atomic mass is 9.96. The third-order valence-electron chi connectivity index (χ3n) is 3.56. The Labute approximate surface area is 136 Å². The minimum Gasteiger partial charge on any atom is -0.355 e. The average molecular weight is 339 g/mol. The van der Waals surface area contributed by atoms with E-state index in [9.17, 15) is 4.79 Å². The lowest BCUT2D eigenvalue weighted by Crippen LogP contribution is -2.38. The van der Waals surface area contributed by atoms with Crippen LogP contribution in [0.4, 0.5) is 10.9 Å². The van der Waals surface area contributed by atoms with E-state index in [-0.39, 0.29) is 11.8 Å². The maximum Gasteiger partial charge on any atom is 0.229 e. The Hall–Kier alpha value is -1.80. The van der Waals surface area contributed by atoms with Crippen molar-refractivity contribution in [2.24, 2.45) is 5.92 Å². The minimum atomic E-state index is -0.0132. The standard InChI is InChI=1S/C13H15ClN6OS/c1-8-16-19-13(22-8)15-12(21)9-4-6-20(7-5-9)11-3-2-10(14)17-18-11/h2-3,9H,4-7H2,1H3,(H,15,19,21). The van der Waals surface area contributed by atoms with Crippen molar-refractivity contribution >= 4 is 39.8 Å². The number of nitrogens with one attached hydrogen (secondary N) is 1. The van der Waals surface area contributed by atoms with Crippen molar-refractivity contribution < 1.29 is 4.79 Å². The molecule has 1 N–H and O–H groups in total. The molecule has 1 saturated heterocycles. The minimum absolute atomic E-state index is 0.0120. The van der Waals surface area contributed by atoms with Crippen LogP contribution in [0.5, 0.6) is 0 Å². The third kappa shape index (κ3) is 3.50. The largest absolute Gasteiger partial charge is 0.355 e. The van der Waals surface area contributed by atoms with Gasteiger partial charge in [0.2, 0.25) is 11.0 Å². The number of piperidine rings is 1. The van der Waals surface area contributed by atoms with E-state index in [4.69, 9.17) is 11.6 Å². The molecule has 0 aliphatic carbocycles. The van der Waals surface area contributed by atoms with Crippen molar-refractivity contribution in [1.82, 2.24) is 20.4 Å². The molecule has 0 radical (unpaired) electrons. The van der Waals surface area contributed by atoms with E-state index >= 15 is 0 Å². The zero-order valence-electron chi connectivity index (χ0n) is 12.0. The van der Waals surface area contributed by atoms with E-state index in [0.717, 1.165) is 36.8 Å². The summed E-state index contributed by atoms with van der Waals surface area (Å²) in [5, 5.41) is 20.3. The summed E-state index contributed by atoms with van der Waals surface area (Å²) in [6.07, 6.45) is 1.54. The van der Waals surface area contributed by atoms with Crippen LogP contribution < -0.4 is 10.2 Å². The number of carbonyl (C=O) groups is 1. The van der Waals surface area contributed by atoms with Gasteiger partial charge in [-0.05, 0) is 31.9 Å². The fraction of sp³-hybridized carbons (Fsp3) is 0.462. The number of carbonyl (C=O) groups excluding carboxylic acids is 1. The topological polar surface area (TPSA) is 83.9 Å². The molecule has 1 aliphatic rings. The van der Waals surface area contributed by atoms with Crippen LogP contribution >= 0.6 is 22.9 Å². The van der Waals surface area contributed by atoms with Crippen molar-refractivity contribution in [3.63, 3.8) is 0 Å². The Morgan fingerprint density at radius 1 is 1.27 bits per heavy atom. The number of anilines is 2. The lowest BCUT2D eigenvalue weighted by Gasteiger charge is -2.31. The quantitative estimate of drug-likeness (QED) is 0.923. The number of hydrogen-bond donors (Lipinski definition) is 1. The number of aryl methyl sites for hydroxylation is 1. The van der Waals surface area contributed by atoms with Crippen LogP contribution in [0.15, 0.2) is 12.1 Å². The van der Waals surface area contributed by atoms with Crippen LogP contribution in [0.3, 0.4) is 0 Å². The monoisotopic (exact) mass is 338 g/mol. The average Bonchev–Trinajstić information content (AvgIpc) is 2.93. The van der Waals surface area contributed by atoms with Gasteiger partial charge >= 0.3 is 0 Å². The van der Waals surface area contributed by atoms with Crippen molar-refractivity contribution in [2.75, 3.05) is 23.3 Å². The number of hydrogen-bond acceptors (Lipinski definition) is 7. The molecule has 0 saturated carbocycles. The summed E-state index contributed by atoms with van der Waals surface area (Å²) in [6.45, 7) is 3.39. The second-order valence-corrected chi connectivity index (χ2v) is 6.66. The molecule has 1 amide bonds. The zero-order valence-corrected chi connectivity index (χ0v) is 13.6. The van der Waals surface area contributed by atoms with Gasteiger partial charge in [-0.15, -0.1) is 20.4 Å². The van der Waals surface area contributed by atoms with Gasteiger partial charge in [-0.1, -0.05) is 22.9 Å². The van der Waals surface area contributed by atoms with E-state index in [1.54, 1.807) is 6.07 Å². The first kappa shape index (κ1) is 15.1. The summed E-state index contributed by atoms with van der Waals surface area (Å²) in [4.78, 5) is 14.3. The predicted octanol–water partition coefficient (Wildman–Crippen LogP) is 2.15. The first-order valence-corrected chi connectivity index (χ1v) is 8.16. The molecule has 0 unspecified atom stereocenters. The molecule has 1 aliphatic heterocycles. The predicted molar refractivity (Wildman–Crippen MR) is 85.3 cm³/mol. The summed E-state index contributed by atoms with van der Waals surface area (Å²) in [5.74, 6) is 0.793. The van der Waals surface area contributed by atoms with Crippen molar-refractivity contribution in [1.29, 1.82) is 0 Å². The van der Waals surface area contributed by atoms with Crippen LogP contribution in [0.2, 0.25) is 5.15 Å². The highest BCUT2D eigenvalue weighted by Gasteiger charge is 2.26. The van der Waals surface area contributed by atoms with Crippen LogP contribution in [0.1, 0.15) is 17.8 Å². The van der Waals surface area contributed by atoms with Gasteiger partial charge in [0, 0.05) is 19.0 Å². The molecule has 2 aromatic heterocycles. The first-order valence-electron chi connectivity index (χ1n) is 6.97. The molecule has 9 heteroatoms. The Morgan fingerprint density at radius 2 is 2.05 bits per heavy atom. The highest BCUT2D eigenvalue weighted by atomic mass is 35.5. The molecule has 0 spiro atoms. The van der Waals surface area contributed by atoms with Crippen molar-refractivity contribution in [3.05, 3.63) is 22.3 Å². The molecular formula is C13H15ClN6OS. The van der Waals surface area contributed by atoms with E-state index in [0.29, 0.717) is 10.3 Å². The molecule has 3 heterocycles. The second kappa shape index (κ2) is 6.53. The zero-order chi connectivity index (χ0) is 15.5. The number of aromatic nitrogens is 4. The SMILES string of the molecule is Cc1nnc(NC(=O)C2CCN(c3ccc(Cl)nn3)CC2)s1. The number of nitrogens with zero attached hydrogens (tertiary/aromatic N) is 5. The fourth-order valence-corrected chi connectivity index (χ4v) is 3.10. The fourth-order valence-electron chi connectivity index (χ4n) is 2.40. The first-order chi connectivity index (χ1) is 10.6. The van der Waals surface area contributed by atoms with Gasteiger partial charge in [0.1, 0.15) is 5.01 Å². The number of halogens is 1. The Kier molecular flexibility index (Phi) is 4.49. The molecule has 7 nitrogen and oxygen atoms in total. The van der Waals surface area contributed by atoms with Gasteiger partial charge in [0.05, 0.1) is 0 Å². The normalized spacial score (nSPS) is 15.8. The molecule has 0 bridgehead atoms. The summed E-state index contributed by atoms with van der Waals surface area (Å²) in [5.41, 5.74) is 0. The maximum atomic E-state index is 12.2. The van der Waals surface area contributed by atoms with Gasteiger partial charge in [-0.2, -0.15) is 0 Å². The Bertz CT molecular complexity index is 653. The van der Waals surface area contributed by atoms with Crippen molar-refractivity contribution in [2.45, 2.75) is 19.8 Å². The summed E-state index contributed by atoms with van der Waals surface area (Å²) >= 11 is 7.12. The Morgan fingerprint density at radius 3 is 2.64 bits per heavy atom. The lowest BCUT2D eigenvalue weighted by molar-refractivity contribution is -0.120. The van der Waals surface area contributed by atoms with Crippen LogP contribution in [0.25, 0.3) is 0 Å². The van der Waals surface area contributed by atoms with Crippen LogP contribution in [-0.2, 0) is 4.79 Å². The molecule has 22 heavy (non-hydrogen) atoms. The Balaban J connectivity index is 1.54. The van der Waals surface area contributed by atoms with E-state index in [1.807, 2.05) is 13.0 Å². The van der Waals surface area contributed by atoms with E-state index in [2.05, 4.69) is 30.6 Å². The summed E-state index contributed by atoms with van der Waals surface area (Å²) < 4.78 is 0. The molecule has 3 rings (SSSR count). The highest BCUT2D eigenvalue weighted by molar-refractivity contribution is 7.15. The van der Waals surface area contributed by atoms with Gasteiger partial charge in [0.25, 0.3) is 0 Å². The van der Waals surface area contributed by atoms with Crippen LogP contribution in [-0.4, -0.2) is 39.4 Å². The molecule has 0 atom stereocenters. The van der Waals surface area contributed by atoms with Gasteiger partial charge in [0.15, 0.2) is 11.0 Å². The summed E-state index contributed by atoms with van der Waals surface area (Å²) in [6, 6.07) is 3.57. The van der Waals surface area contributed by atoms with E-state index < -0.39 is 0 Å². The third-order valence-corrected chi connectivity index (χ3v) is 4.52. The van der Waals surface area contributed by atoms with Gasteiger partial charge in [-0.25, -0.2) is 0 Å². The molecule has 2 aromatic rings. The van der Waals surface area contributed by atoms with E-state index in [1.165, 1.54) is 11.3 Å². The van der Waals surface area contributed by atoms with Gasteiger partial charge in [-0.3, -0.25) is 4.79 Å². The number of amides is 1. The van der Waals surface area contributed by atoms with Crippen LogP contribution in [0, 0.1) is 12.8 Å². The smallest absolute Gasteiger partial charge is 0.229 e. The molecule has 0 aromatic carbocycles. The second-order valence-electron chi connectivity index (χ2n) is 5.09. The summed E-state index contributed by atoms with van der Waals surface area (Å²) in [7, 11) is 0. The van der Waals surface area contributed by atoms with Gasteiger partial charge < -0.3 is 10.2 Å². The maximum absolute atomic E-state index is 12.2. The molecule has 1 fully saturated rings. The molecule has 116 valence electrons.